The SMILES string of the molecule is NC(=S)c1ccc(Nc2nccs2)cc1C(F)(F)F. The van der Waals surface area contributed by atoms with Crippen molar-refractivity contribution in [1.29, 1.82) is 0 Å². The second-order valence-corrected chi connectivity index (χ2v) is 4.92. The van der Waals surface area contributed by atoms with Gasteiger partial charge in [0.1, 0.15) is 4.99 Å². The second kappa shape index (κ2) is 5.14. The molecule has 0 aliphatic heterocycles. The Kier molecular flexibility index (Phi) is 3.72. The summed E-state index contributed by atoms with van der Waals surface area (Å²) in [5.74, 6) is 0. The monoisotopic (exact) mass is 303 g/mol. The maximum absolute atomic E-state index is 12.9. The van der Waals surface area contributed by atoms with Gasteiger partial charge in [-0.05, 0) is 18.2 Å². The van der Waals surface area contributed by atoms with E-state index < -0.39 is 11.7 Å². The van der Waals surface area contributed by atoms with Crippen LogP contribution < -0.4 is 11.1 Å². The highest BCUT2D eigenvalue weighted by Gasteiger charge is 2.34. The molecule has 2 aromatic rings. The minimum absolute atomic E-state index is 0.188. The molecule has 0 aliphatic carbocycles. The highest BCUT2D eigenvalue weighted by atomic mass is 32.1. The van der Waals surface area contributed by atoms with E-state index in [9.17, 15) is 13.2 Å². The number of alkyl halides is 3. The van der Waals surface area contributed by atoms with Gasteiger partial charge in [-0.25, -0.2) is 4.98 Å². The zero-order valence-corrected chi connectivity index (χ0v) is 11.0. The highest BCUT2D eigenvalue weighted by molar-refractivity contribution is 7.80. The number of halogens is 3. The summed E-state index contributed by atoms with van der Waals surface area (Å²) in [4.78, 5) is 3.65. The highest BCUT2D eigenvalue weighted by Crippen LogP contribution is 2.34. The predicted molar refractivity (Wildman–Crippen MR) is 72.7 cm³/mol. The third kappa shape index (κ3) is 3.21. The van der Waals surface area contributed by atoms with Crippen molar-refractivity contribution < 1.29 is 13.2 Å². The first-order valence-electron chi connectivity index (χ1n) is 5.05. The van der Waals surface area contributed by atoms with Gasteiger partial charge >= 0.3 is 6.18 Å². The van der Waals surface area contributed by atoms with Gasteiger partial charge < -0.3 is 11.1 Å². The van der Waals surface area contributed by atoms with E-state index in [1.807, 2.05) is 0 Å². The van der Waals surface area contributed by atoms with Gasteiger partial charge in [-0.2, -0.15) is 13.2 Å². The minimum atomic E-state index is -4.51. The molecule has 0 bridgehead atoms. The number of aromatic nitrogens is 1. The molecule has 0 atom stereocenters. The number of hydrogen-bond donors (Lipinski definition) is 2. The normalized spacial score (nSPS) is 11.3. The quantitative estimate of drug-likeness (QED) is 0.852. The van der Waals surface area contributed by atoms with Gasteiger partial charge in [-0.15, -0.1) is 11.3 Å². The molecule has 1 aromatic heterocycles. The van der Waals surface area contributed by atoms with Crippen molar-refractivity contribution in [2.24, 2.45) is 5.73 Å². The summed E-state index contributed by atoms with van der Waals surface area (Å²) in [6.45, 7) is 0. The van der Waals surface area contributed by atoms with E-state index in [4.69, 9.17) is 5.73 Å². The van der Waals surface area contributed by atoms with Crippen LogP contribution in [0.25, 0.3) is 0 Å². The molecule has 2 rings (SSSR count). The largest absolute Gasteiger partial charge is 0.417 e. The van der Waals surface area contributed by atoms with Gasteiger partial charge in [0.25, 0.3) is 0 Å². The number of nitrogens with zero attached hydrogens (tertiary/aromatic N) is 1. The third-order valence-electron chi connectivity index (χ3n) is 2.27. The maximum atomic E-state index is 12.9. The Morgan fingerprint density at radius 1 is 1.37 bits per heavy atom. The fourth-order valence-corrected chi connectivity index (χ4v) is 2.21. The Labute approximate surface area is 116 Å². The lowest BCUT2D eigenvalue weighted by Gasteiger charge is -2.13. The van der Waals surface area contributed by atoms with E-state index in [0.29, 0.717) is 5.13 Å². The molecule has 19 heavy (non-hydrogen) atoms. The first-order chi connectivity index (χ1) is 8.88. The van der Waals surface area contributed by atoms with E-state index in [0.717, 1.165) is 6.07 Å². The Balaban J connectivity index is 2.41. The first kappa shape index (κ1) is 13.8. The van der Waals surface area contributed by atoms with Crippen LogP contribution in [-0.2, 0) is 6.18 Å². The average molecular weight is 303 g/mol. The molecule has 3 nitrogen and oxygen atoms in total. The summed E-state index contributed by atoms with van der Waals surface area (Å²) in [5, 5.41) is 5.01. The zero-order valence-electron chi connectivity index (χ0n) is 9.36. The second-order valence-electron chi connectivity index (χ2n) is 3.58. The topological polar surface area (TPSA) is 50.9 Å². The summed E-state index contributed by atoms with van der Waals surface area (Å²) in [6, 6.07) is 3.70. The molecule has 8 heteroatoms. The summed E-state index contributed by atoms with van der Waals surface area (Å²) >= 11 is 5.91. The predicted octanol–water partition coefficient (Wildman–Crippen LogP) is 3.54. The van der Waals surface area contributed by atoms with Gasteiger partial charge in [0, 0.05) is 22.8 Å². The van der Waals surface area contributed by atoms with Gasteiger partial charge in [0.2, 0.25) is 0 Å². The molecular formula is C11H8F3N3S2. The summed E-state index contributed by atoms with van der Waals surface area (Å²) in [6.07, 6.45) is -2.96. The van der Waals surface area contributed by atoms with Crippen molar-refractivity contribution in [3.05, 3.63) is 40.9 Å². The molecule has 0 spiro atoms. The lowest BCUT2D eigenvalue weighted by molar-refractivity contribution is -0.137. The number of rotatable bonds is 3. The molecule has 0 saturated carbocycles. The fourth-order valence-electron chi connectivity index (χ4n) is 1.48. The van der Waals surface area contributed by atoms with Crippen LogP contribution in [0.3, 0.4) is 0 Å². The van der Waals surface area contributed by atoms with Crippen molar-refractivity contribution in [2.45, 2.75) is 6.18 Å². The number of thiocarbonyl (C=S) groups is 1. The third-order valence-corrected chi connectivity index (χ3v) is 3.18. The molecule has 1 heterocycles. The van der Waals surface area contributed by atoms with Crippen molar-refractivity contribution in [3.63, 3.8) is 0 Å². The molecule has 0 radical (unpaired) electrons. The van der Waals surface area contributed by atoms with Crippen molar-refractivity contribution in [1.82, 2.24) is 4.98 Å². The van der Waals surface area contributed by atoms with Gasteiger partial charge in [0.05, 0.1) is 5.56 Å². The van der Waals surface area contributed by atoms with Crippen LogP contribution in [0.4, 0.5) is 24.0 Å². The van der Waals surface area contributed by atoms with Gasteiger partial charge in [-0.1, -0.05) is 12.2 Å². The Morgan fingerprint density at radius 2 is 2.11 bits per heavy atom. The van der Waals surface area contributed by atoms with Crippen LogP contribution in [0.15, 0.2) is 29.8 Å². The first-order valence-corrected chi connectivity index (χ1v) is 6.34. The van der Waals surface area contributed by atoms with Crippen molar-refractivity contribution in [3.8, 4) is 0 Å². The Hall–Kier alpha value is -1.67. The van der Waals surface area contributed by atoms with E-state index in [1.54, 1.807) is 11.6 Å². The molecular weight excluding hydrogens is 295 g/mol. The average Bonchev–Trinajstić information content (AvgIpc) is 2.80. The van der Waals surface area contributed by atoms with Crippen LogP contribution in [0.5, 0.6) is 0 Å². The number of hydrogen-bond acceptors (Lipinski definition) is 4. The number of benzene rings is 1. The van der Waals surface area contributed by atoms with Crippen LogP contribution in [-0.4, -0.2) is 9.97 Å². The fraction of sp³-hybridized carbons (Fsp3) is 0.0909. The van der Waals surface area contributed by atoms with Crippen molar-refractivity contribution in [2.75, 3.05) is 5.32 Å². The van der Waals surface area contributed by atoms with Crippen molar-refractivity contribution >= 4 is 39.4 Å². The molecule has 0 saturated heterocycles. The van der Waals surface area contributed by atoms with Gasteiger partial charge in [0.15, 0.2) is 5.13 Å². The van der Waals surface area contributed by atoms with E-state index in [1.165, 1.54) is 23.5 Å². The minimum Gasteiger partial charge on any atom is -0.389 e. The summed E-state index contributed by atoms with van der Waals surface area (Å²) in [7, 11) is 0. The lowest BCUT2D eigenvalue weighted by Crippen LogP contribution is -2.18. The molecule has 0 aliphatic rings. The van der Waals surface area contributed by atoms with Crippen LogP contribution in [0.2, 0.25) is 0 Å². The van der Waals surface area contributed by atoms with Crippen LogP contribution >= 0.6 is 23.6 Å². The molecule has 1 aromatic carbocycles. The molecule has 0 amide bonds. The van der Waals surface area contributed by atoms with Crippen LogP contribution in [0, 0.1) is 0 Å². The van der Waals surface area contributed by atoms with Crippen LogP contribution in [0.1, 0.15) is 11.1 Å². The summed E-state index contributed by atoms with van der Waals surface area (Å²) in [5.41, 5.74) is 4.53. The van der Waals surface area contributed by atoms with E-state index >= 15 is 0 Å². The van der Waals surface area contributed by atoms with Gasteiger partial charge in [-0.3, -0.25) is 0 Å². The molecule has 0 fully saturated rings. The summed E-state index contributed by atoms with van der Waals surface area (Å²) < 4.78 is 38.7. The Bertz CT molecular complexity index is 594. The molecule has 100 valence electrons. The van der Waals surface area contributed by atoms with E-state index in [-0.39, 0.29) is 16.2 Å². The Morgan fingerprint density at radius 3 is 2.63 bits per heavy atom. The van der Waals surface area contributed by atoms with E-state index in [2.05, 4.69) is 22.5 Å². The molecule has 0 unspecified atom stereocenters. The zero-order chi connectivity index (χ0) is 14.0. The molecule has 3 N–H and O–H groups in total. The smallest absolute Gasteiger partial charge is 0.389 e. The maximum Gasteiger partial charge on any atom is 0.417 e. The number of nitrogens with one attached hydrogen (secondary N) is 1. The number of anilines is 2. The number of thiazole rings is 1. The number of nitrogens with two attached hydrogens (primary N) is 1. The lowest BCUT2D eigenvalue weighted by atomic mass is 10.1. The standard InChI is InChI=1S/C11H8F3N3S2/c12-11(13,14)8-5-6(1-2-7(8)9(15)18)17-10-16-3-4-19-10/h1-5H,(H2,15,18)(H,16,17).